The van der Waals surface area contributed by atoms with Crippen LogP contribution in [-0.2, 0) is 9.47 Å². The summed E-state index contributed by atoms with van der Waals surface area (Å²) < 4.78 is 10.1. The number of carbonyl (C=O) groups is 2. The fraction of sp³-hybridized carbons (Fsp3) is 0.556. The highest BCUT2D eigenvalue weighted by Crippen LogP contribution is 2.39. The molecule has 0 bridgehead atoms. The van der Waals surface area contributed by atoms with Crippen LogP contribution in [0.25, 0.3) is 0 Å². The van der Waals surface area contributed by atoms with Crippen LogP contribution in [0.2, 0.25) is 5.02 Å². The Morgan fingerprint density at radius 1 is 1.28 bits per heavy atom. The molecule has 0 radical (unpaired) electrons. The number of hydrogen-bond acceptors (Lipinski definition) is 4. The van der Waals surface area contributed by atoms with Gasteiger partial charge in [0, 0.05) is 26.3 Å². The molecule has 0 atom stereocenters. The average molecular weight is 367 g/mol. The largest absolute Gasteiger partial charge is 0.465 e. The Labute approximate surface area is 152 Å². The summed E-state index contributed by atoms with van der Waals surface area (Å²) in [6.45, 7) is 3.04. The summed E-state index contributed by atoms with van der Waals surface area (Å²) >= 11 is 6.20. The van der Waals surface area contributed by atoms with E-state index in [0.717, 1.165) is 52.0 Å². The van der Waals surface area contributed by atoms with Gasteiger partial charge in [0.05, 0.1) is 23.4 Å². The van der Waals surface area contributed by atoms with Crippen LogP contribution in [0.3, 0.4) is 0 Å². The zero-order valence-electron chi connectivity index (χ0n) is 14.3. The van der Waals surface area contributed by atoms with E-state index < -0.39 is 5.97 Å². The lowest BCUT2D eigenvalue weighted by Crippen LogP contribution is -2.49. The van der Waals surface area contributed by atoms with Crippen molar-refractivity contribution in [2.75, 3.05) is 38.7 Å². The fourth-order valence-corrected chi connectivity index (χ4v) is 3.88. The molecule has 2 aliphatic heterocycles. The highest BCUT2D eigenvalue weighted by molar-refractivity contribution is 6.34. The molecule has 0 saturated carbocycles. The van der Waals surface area contributed by atoms with Gasteiger partial charge in [0.2, 0.25) is 0 Å². The number of ether oxygens (including phenoxy) is 2. The van der Waals surface area contributed by atoms with Crippen LogP contribution in [0.5, 0.6) is 0 Å². The van der Waals surface area contributed by atoms with Crippen LogP contribution < -0.4 is 5.32 Å². The molecule has 1 spiro atoms. The first-order chi connectivity index (χ1) is 12.0. The number of nitrogens with zero attached hydrogens (tertiary/aromatic N) is 1. The highest BCUT2D eigenvalue weighted by atomic mass is 35.5. The van der Waals surface area contributed by atoms with E-state index >= 15 is 0 Å². The number of urea groups is 1. The molecule has 2 aliphatic rings. The summed E-state index contributed by atoms with van der Waals surface area (Å²) in [5.74, 6) is -0.461. The van der Waals surface area contributed by atoms with Gasteiger partial charge in [0.1, 0.15) is 0 Å². The predicted octanol–water partition coefficient (Wildman–Crippen LogP) is 3.55. The zero-order chi connectivity index (χ0) is 17.9. The monoisotopic (exact) mass is 366 g/mol. The van der Waals surface area contributed by atoms with Crippen molar-refractivity contribution >= 4 is 29.3 Å². The minimum Gasteiger partial charge on any atom is -0.465 e. The lowest BCUT2D eigenvalue weighted by molar-refractivity contribution is -0.0175. The number of nitrogens with one attached hydrogen (secondary N) is 1. The van der Waals surface area contributed by atoms with Crippen LogP contribution >= 0.6 is 11.6 Å². The first-order valence-corrected chi connectivity index (χ1v) is 8.92. The van der Waals surface area contributed by atoms with E-state index in [1.54, 1.807) is 12.1 Å². The van der Waals surface area contributed by atoms with Gasteiger partial charge in [-0.05, 0) is 49.3 Å². The first-order valence-electron chi connectivity index (χ1n) is 8.55. The summed E-state index contributed by atoms with van der Waals surface area (Å²) in [5.41, 5.74) is 1.03. The minimum absolute atomic E-state index is 0.154. The van der Waals surface area contributed by atoms with Gasteiger partial charge in [0.15, 0.2) is 0 Å². The molecule has 25 heavy (non-hydrogen) atoms. The molecule has 7 heteroatoms. The smallest absolute Gasteiger partial charge is 0.337 e. The van der Waals surface area contributed by atoms with Crippen molar-refractivity contribution in [2.24, 2.45) is 5.41 Å². The molecule has 6 nitrogen and oxygen atoms in total. The van der Waals surface area contributed by atoms with Crippen LogP contribution in [0, 0.1) is 5.41 Å². The molecule has 0 aliphatic carbocycles. The maximum absolute atomic E-state index is 12.7. The van der Waals surface area contributed by atoms with Crippen molar-refractivity contribution in [3.63, 3.8) is 0 Å². The van der Waals surface area contributed by atoms with Gasteiger partial charge in [-0.3, -0.25) is 0 Å². The molecular weight excluding hydrogens is 344 g/mol. The lowest BCUT2D eigenvalue weighted by atomic mass is 9.74. The number of amides is 2. The van der Waals surface area contributed by atoms with Crippen molar-refractivity contribution in [3.05, 3.63) is 28.8 Å². The van der Waals surface area contributed by atoms with Gasteiger partial charge in [-0.1, -0.05) is 11.6 Å². The number of methoxy groups -OCH3 is 1. The number of benzene rings is 1. The quantitative estimate of drug-likeness (QED) is 0.813. The third-order valence-electron chi connectivity index (χ3n) is 5.13. The topological polar surface area (TPSA) is 67.9 Å². The van der Waals surface area contributed by atoms with Gasteiger partial charge in [-0.15, -0.1) is 0 Å². The van der Waals surface area contributed by atoms with Crippen molar-refractivity contribution in [1.29, 1.82) is 0 Å². The molecule has 2 amide bonds. The van der Waals surface area contributed by atoms with Crippen molar-refractivity contribution in [3.8, 4) is 0 Å². The van der Waals surface area contributed by atoms with Crippen molar-refractivity contribution in [2.45, 2.75) is 25.7 Å². The van der Waals surface area contributed by atoms with Gasteiger partial charge < -0.3 is 19.7 Å². The molecule has 0 aromatic heterocycles. The lowest BCUT2D eigenvalue weighted by Gasteiger charge is -2.45. The van der Waals surface area contributed by atoms with Crippen molar-refractivity contribution in [1.82, 2.24) is 4.90 Å². The van der Waals surface area contributed by atoms with Crippen molar-refractivity contribution < 1.29 is 19.1 Å². The standard InChI is InChI=1S/C18H23ClN2O4/c1-24-16(22)13-3-4-15(14(19)11-13)20-17(23)21-8-2-5-18(12-21)6-9-25-10-7-18/h3-4,11H,2,5-10,12H2,1H3,(H,20,23). The maximum Gasteiger partial charge on any atom is 0.337 e. The number of hydrogen-bond donors (Lipinski definition) is 1. The maximum atomic E-state index is 12.7. The molecule has 2 heterocycles. The van der Waals surface area contributed by atoms with Crippen LogP contribution in [0.1, 0.15) is 36.0 Å². The normalized spacial score (nSPS) is 19.5. The van der Waals surface area contributed by atoms with Crippen LogP contribution in [0.15, 0.2) is 18.2 Å². The average Bonchev–Trinajstić information content (AvgIpc) is 2.63. The molecule has 1 N–H and O–H groups in total. The third kappa shape index (κ3) is 4.07. The van der Waals surface area contributed by atoms with E-state index in [1.807, 2.05) is 4.90 Å². The van der Waals surface area contributed by atoms with E-state index in [1.165, 1.54) is 13.2 Å². The highest BCUT2D eigenvalue weighted by Gasteiger charge is 2.38. The Kier molecular flexibility index (Phi) is 5.49. The number of carbonyl (C=O) groups excluding carboxylic acids is 2. The van der Waals surface area contributed by atoms with Gasteiger partial charge in [-0.25, -0.2) is 9.59 Å². The number of halogens is 1. The molecule has 136 valence electrons. The van der Waals surface area contributed by atoms with Gasteiger partial charge >= 0.3 is 12.0 Å². The number of anilines is 1. The number of rotatable bonds is 2. The Hall–Kier alpha value is -1.79. The second-order valence-electron chi connectivity index (χ2n) is 6.75. The number of esters is 1. The van der Waals surface area contributed by atoms with E-state index in [-0.39, 0.29) is 11.4 Å². The number of piperidine rings is 1. The molecule has 2 fully saturated rings. The van der Waals surface area contributed by atoms with Gasteiger partial charge in [0.25, 0.3) is 0 Å². The summed E-state index contributed by atoms with van der Waals surface area (Å²) in [5, 5.41) is 3.17. The first kappa shape index (κ1) is 18.0. The van der Waals surface area contributed by atoms with E-state index in [2.05, 4.69) is 10.1 Å². The molecular formula is C18H23ClN2O4. The second-order valence-corrected chi connectivity index (χ2v) is 7.16. The molecule has 3 rings (SSSR count). The summed E-state index contributed by atoms with van der Waals surface area (Å²) in [6, 6.07) is 4.56. The Bertz CT molecular complexity index is 653. The minimum atomic E-state index is -0.461. The van der Waals surface area contributed by atoms with E-state index in [0.29, 0.717) is 16.3 Å². The third-order valence-corrected chi connectivity index (χ3v) is 5.45. The SMILES string of the molecule is COC(=O)c1ccc(NC(=O)N2CCCC3(CCOCC3)C2)c(Cl)c1. The Morgan fingerprint density at radius 2 is 2.04 bits per heavy atom. The van der Waals surface area contributed by atoms with Crippen LogP contribution in [0.4, 0.5) is 10.5 Å². The molecule has 1 aromatic rings. The summed E-state index contributed by atoms with van der Waals surface area (Å²) in [7, 11) is 1.31. The van der Waals surface area contributed by atoms with Crippen LogP contribution in [-0.4, -0.2) is 50.3 Å². The van der Waals surface area contributed by atoms with E-state index in [9.17, 15) is 9.59 Å². The predicted molar refractivity (Wildman–Crippen MR) is 95.1 cm³/mol. The van der Waals surface area contributed by atoms with Gasteiger partial charge in [-0.2, -0.15) is 0 Å². The summed E-state index contributed by atoms with van der Waals surface area (Å²) in [6.07, 6.45) is 4.16. The van der Waals surface area contributed by atoms with E-state index in [4.69, 9.17) is 16.3 Å². The molecule has 2 saturated heterocycles. The number of likely N-dealkylation sites (tertiary alicyclic amines) is 1. The zero-order valence-corrected chi connectivity index (χ0v) is 15.1. The fourth-order valence-electron chi connectivity index (χ4n) is 3.65. The summed E-state index contributed by atoms with van der Waals surface area (Å²) in [4.78, 5) is 26.0. The molecule has 0 unspecified atom stereocenters. The second kappa shape index (κ2) is 7.62. The molecule has 1 aromatic carbocycles. The Balaban J connectivity index is 1.66. The Morgan fingerprint density at radius 3 is 2.72 bits per heavy atom.